The van der Waals surface area contributed by atoms with Crippen molar-refractivity contribution in [3.8, 4) is 17.2 Å². The lowest BCUT2D eigenvalue weighted by Gasteiger charge is -2.38. The fraction of sp³-hybridized carbons (Fsp3) is 0.588. The number of carbonyl (C=O) groups is 1. The molecule has 0 spiro atoms. The number of hydrogen-bond acceptors (Lipinski definition) is 6. The maximum absolute atomic E-state index is 12.9. The second kappa shape index (κ2) is 6.64. The SMILES string of the molecule is COc1cc2c(c(OC)c1OC)C(C)(C(=O)O[Si](C)(C)C)NCC2. The summed E-state index contributed by atoms with van der Waals surface area (Å²) in [7, 11) is 2.68. The van der Waals surface area contributed by atoms with Crippen molar-refractivity contribution in [1.82, 2.24) is 5.32 Å². The number of hydrogen-bond donors (Lipinski definition) is 1. The van der Waals surface area contributed by atoms with E-state index in [9.17, 15) is 4.79 Å². The number of ether oxygens (including phenoxy) is 3. The first-order valence-electron chi connectivity index (χ1n) is 7.98. The summed E-state index contributed by atoms with van der Waals surface area (Å²) in [5.41, 5.74) is 0.772. The van der Waals surface area contributed by atoms with Crippen LogP contribution in [0.5, 0.6) is 17.2 Å². The Morgan fingerprint density at radius 1 is 1.12 bits per heavy atom. The summed E-state index contributed by atoms with van der Waals surface area (Å²) in [5, 5.41) is 3.31. The summed E-state index contributed by atoms with van der Waals surface area (Å²) in [4.78, 5) is 12.9. The number of fused-ring (bicyclic) bond motifs is 1. The Bertz CT molecular complexity index is 641. The van der Waals surface area contributed by atoms with Crippen molar-refractivity contribution in [2.75, 3.05) is 27.9 Å². The van der Waals surface area contributed by atoms with Crippen molar-refractivity contribution in [3.05, 3.63) is 17.2 Å². The van der Waals surface area contributed by atoms with Crippen molar-refractivity contribution in [2.24, 2.45) is 0 Å². The summed E-state index contributed by atoms with van der Waals surface area (Å²) in [6.45, 7) is 8.47. The van der Waals surface area contributed by atoms with Crippen molar-refractivity contribution in [3.63, 3.8) is 0 Å². The zero-order valence-corrected chi connectivity index (χ0v) is 16.5. The Labute approximate surface area is 144 Å². The molecule has 7 heteroatoms. The molecule has 1 aromatic rings. The van der Waals surface area contributed by atoms with E-state index in [-0.39, 0.29) is 5.97 Å². The minimum atomic E-state index is -2.03. The monoisotopic (exact) mass is 353 g/mol. The first kappa shape index (κ1) is 18.6. The first-order valence-corrected chi connectivity index (χ1v) is 11.4. The molecule has 1 aromatic carbocycles. The van der Waals surface area contributed by atoms with Gasteiger partial charge in [0.05, 0.1) is 21.3 Å². The summed E-state index contributed by atoms with van der Waals surface area (Å²) in [6.07, 6.45) is 0.766. The zero-order valence-electron chi connectivity index (χ0n) is 15.5. The van der Waals surface area contributed by atoms with Crippen LogP contribution < -0.4 is 19.5 Å². The highest BCUT2D eigenvalue weighted by Gasteiger charge is 2.45. The molecule has 0 amide bonds. The van der Waals surface area contributed by atoms with Gasteiger partial charge in [-0.1, -0.05) is 0 Å². The second-order valence-corrected chi connectivity index (χ2v) is 11.4. The molecular formula is C17H27NO5Si. The van der Waals surface area contributed by atoms with Crippen molar-refractivity contribution < 1.29 is 23.4 Å². The van der Waals surface area contributed by atoms with Crippen molar-refractivity contribution >= 4 is 14.3 Å². The molecule has 0 saturated heterocycles. The van der Waals surface area contributed by atoms with E-state index in [1.54, 1.807) is 21.3 Å². The third-order valence-corrected chi connectivity index (χ3v) is 4.89. The van der Waals surface area contributed by atoms with Crippen LogP contribution in [0.3, 0.4) is 0 Å². The van der Waals surface area contributed by atoms with Crippen LogP contribution in [0.15, 0.2) is 6.07 Å². The van der Waals surface area contributed by atoms with Gasteiger partial charge in [-0.15, -0.1) is 0 Å². The molecule has 24 heavy (non-hydrogen) atoms. The van der Waals surface area contributed by atoms with Crippen molar-refractivity contribution in [1.29, 1.82) is 0 Å². The third kappa shape index (κ3) is 3.23. The molecule has 6 nitrogen and oxygen atoms in total. The molecule has 134 valence electrons. The summed E-state index contributed by atoms with van der Waals surface area (Å²) < 4.78 is 22.3. The lowest BCUT2D eigenvalue weighted by Crippen LogP contribution is -2.54. The number of rotatable bonds is 5. The lowest BCUT2D eigenvalue weighted by atomic mass is 9.82. The van der Waals surface area contributed by atoms with Crippen LogP contribution in [0.25, 0.3) is 0 Å². The van der Waals surface area contributed by atoms with Gasteiger partial charge in [0.2, 0.25) is 14.1 Å². The molecule has 1 unspecified atom stereocenters. The topological polar surface area (TPSA) is 66.0 Å². The van der Waals surface area contributed by atoms with Crippen LogP contribution >= 0.6 is 0 Å². The van der Waals surface area contributed by atoms with Gasteiger partial charge in [-0.2, -0.15) is 0 Å². The van der Waals surface area contributed by atoms with Gasteiger partial charge in [0.15, 0.2) is 11.5 Å². The maximum Gasteiger partial charge on any atom is 0.317 e. The van der Waals surface area contributed by atoms with E-state index in [1.165, 1.54) is 0 Å². The van der Waals surface area contributed by atoms with Crippen LogP contribution in [0, 0.1) is 0 Å². The van der Waals surface area contributed by atoms with Gasteiger partial charge >= 0.3 is 5.97 Å². The molecule has 0 fully saturated rings. The van der Waals surface area contributed by atoms with E-state index in [1.807, 2.05) is 32.6 Å². The van der Waals surface area contributed by atoms with Crippen molar-refractivity contribution in [2.45, 2.75) is 38.5 Å². The molecule has 1 aliphatic heterocycles. The Hall–Kier alpha value is -1.73. The largest absolute Gasteiger partial charge is 0.518 e. The van der Waals surface area contributed by atoms with Crippen LogP contribution in [-0.4, -0.2) is 42.2 Å². The molecule has 0 aromatic heterocycles. The van der Waals surface area contributed by atoms with E-state index in [2.05, 4.69) is 5.32 Å². The molecule has 0 bridgehead atoms. The zero-order chi connectivity index (χ0) is 18.1. The van der Waals surface area contributed by atoms with Gasteiger partial charge in [-0.25, -0.2) is 0 Å². The highest BCUT2D eigenvalue weighted by atomic mass is 28.4. The van der Waals surface area contributed by atoms with Gasteiger partial charge in [0.1, 0.15) is 5.54 Å². The fourth-order valence-corrected chi connectivity index (χ4v) is 3.80. The predicted molar refractivity (Wildman–Crippen MR) is 94.6 cm³/mol. The molecule has 1 N–H and O–H groups in total. The smallest absolute Gasteiger partial charge is 0.317 e. The lowest BCUT2D eigenvalue weighted by molar-refractivity contribution is -0.142. The highest BCUT2D eigenvalue weighted by molar-refractivity contribution is 6.71. The van der Waals surface area contributed by atoms with Crippen LogP contribution in [0.1, 0.15) is 18.1 Å². The molecule has 1 aliphatic rings. The average molecular weight is 353 g/mol. The van der Waals surface area contributed by atoms with E-state index < -0.39 is 13.9 Å². The number of carbonyl (C=O) groups excluding carboxylic acids is 1. The third-order valence-electron chi connectivity index (χ3n) is 4.09. The summed E-state index contributed by atoms with van der Waals surface area (Å²) in [5.74, 6) is 1.30. The predicted octanol–water partition coefficient (Wildman–Crippen LogP) is 2.45. The molecule has 0 aliphatic carbocycles. The number of methoxy groups -OCH3 is 3. The fourth-order valence-electron chi connectivity index (χ4n) is 3.04. The standard InChI is InChI=1S/C17H27NO5Si/c1-17(16(19)23-24(5,6)7)13-11(8-9-18-17)10-12(20-2)14(21-3)15(13)22-4/h10,18H,8-9H2,1-7H3. The van der Waals surface area contributed by atoms with Gasteiger partial charge < -0.3 is 18.6 Å². The second-order valence-electron chi connectivity index (χ2n) is 6.98. The quantitative estimate of drug-likeness (QED) is 0.820. The van der Waals surface area contributed by atoms with Gasteiger partial charge in [0.25, 0.3) is 0 Å². The molecule has 1 heterocycles. The molecular weight excluding hydrogens is 326 g/mol. The minimum absolute atomic E-state index is 0.284. The van der Waals surface area contributed by atoms with E-state index >= 15 is 0 Å². The van der Waals surface area contributed by atoms with Gasteiger partial charge in [-0.3, -0.25) is 10.1 Å². The molecule has 2 rings (SSSR count). The average Bonchev–Trinajstić information content (AvgIpc) is 2.51. The Morgan fingerprint density at radius 2 is 1.75 bits per heavy atom. The minimum Gasteiger partial charge on any atom is -0.518 e. The summed E-state index contributed by atoms with van der Waals surface area (Å²) in [6, 6.07) is 1.91. The van der Waals surface area contributed by atoms with E-state index in [4.69, 9.17) is 18.6 Å². The number of nitrogens with one attached hydrogen (secondary N) is 1. The normalized spacial score (nSPS) is 20.1. The number of benzene rings is 1. The van der Waals surface area contributed by atoms with Gasteiger partial charge in [-0.05, 0) is 44.6 Å². The molecule has 0 saturated carbocycles. The Kier molecular flexibility index (Phi) is 5.15. The van der Waals surface area contributed by atoms with Gasteiger partial charge in [0, 0.05) is 12.1 Å². The molecule has 0 radical (unpaired) electrons. The maximum atomic E-state index is 12.9. The Morgan fingerprint density at radius 3 is 2.25 bits per heavy atom. The van der Waals surface area contributed by atoms with Crippen LogP contribution in [0.4, 0.5) is 0 Å². The summed E-state index contributed by atoms with van der Waals surface area (Å²) >= 11 is 0. The van der Waals surface area contributed by atoms with Crippen LogP contribution in [0.2, 0.25) is 19.6 Å². The van der Waals surface area contributed by atoms with E-state index in [0.717, 1.165) is 17.5 Å². The molecule has 1 atom stereocenters. The highest BCUT2D eigenvalue weighted by Crippen LogP contribution is 2.47. The van der Waals surface area contributed by atoms with E-state index in [0.29, 0.717) is 23.8 Å². The Balaban J connectivity index is 2.65. The van der Waals surface area contributed by atoms with Crippen LogP contribution in [-0.2, 0) is 21.2 Å². The first-order chi connectivity index (χ1) is 11.2.